The van der Waals surface area contributed by atoms with Crippen molar-refractivity contribution in [2.24, 2.45) is 11.8 Å². The largest absolute Gasteiger partial charge is 0.513 e. The fourth-order valence-electron chi connectivity index (χ4n) is 4.89. The Morgan fingerprint density at radius 1 is 0.973 bits per heavy atom. The maximum atomic E-state index is 14.3. The van der Waals surface area contributed by atoms with Crippen LogP contribution in [0.3, 0.4) is 0 Å². The third-order valence-electron chi connectivity index (χ3n) is 6.97. The lowest BCUT2D eigenvalue weighted by atomic mass is 9.82. The summed E-state index contributed by atoms with van der Waals surface area (Å²) in [5.74, 6) is 0.424. The van der Waals surface area contributed by atoms with Gasteiger partial charge >= 0.3 is 6.16 Å². The molecule has 11 heteroatoms. The Morgan fingerprint density at radius 2 is 1.62 bits per heavy atom. The highest BCUT2D eigenvalue weighted by molar-refractivity contribution is 5.68. The zero-order valence-electron chi connectivity index (χ0n) is 20.2. The molecule has 0 spiro atoms. The van der Waals surface area contributed by atoms with Gasteiger partial charge in [0.15, 0.2) is 0 Å². The number of nitrogens with zero attached hydrogens (tertiary/aromatic N) is 3. The van der Waals surface area contributed by atoms with Crippen molar-refractivity contribution in [3.8, 4) is 5.75 Å². The van der Waals surface area contributed by atoms with Gasteiger partial charge in [-0.25, -0.2) is 9.18 Å². The Labute approximate surface area is 213 Å². The number of hydrogen-bond acceptors (Lipinski definition) is 8. The van der Waals surface area contributed by atoms with E-state index < -0.39 is 21.8 Å². The number of ether oxygens (including phenoxy) is 2. The molecule has 196 valence electrons. The van der Waals surface area contributed by atoms with Crippen molar-refractivity contribution in [2.45, 2.75) is 32.1 Å². The molecule has 2 aromatic carbocycles. The normalized spacial score (nSPS) is 20.1. The molecule has 1 fully saturated rings. The standard InChI is InChI=1S/C26H28FN3O7/c27-25-15-22(30(34)35)7-10-24(25)20-11-13-28(14-12-20)16-18-1-3-19(4-2-18)17-36-26(31)37-23-8-5-21(6-9-23)29(32)33/h5-11,15,18-19H,1-4,12-14,16-17H2. The number of nitro groups is 2. The van der Waals surface area contributed by atoms with E-state index in [1.165, 1.54) is 36.4 Å². The summed E-state index contributed by atoms with van der Waals surface area (Å²) in [5, 5.41) is 21.5. The monoisotopic (exact) mass is 513 g/mol. The molecule has 2 aromatic rings. The second-order valence-corrected chi connectivity index (χ2v) is 9.46. The van der Waals surface area contributed by atoms with Crippen molar-refractivity contribution in [3.05, 3.63) is 80.1 Å². The zero-order valence-corrected chi connectivity index (χ0v) is 20.2. The highest BCUT2D eigenvalue weighted by atomic mass is 19.1. The summed E-state index contributed by atoms with van der Waals surface area (Å²) in [4.78, 5) is 34.7. The minimum Gasteiger partial charge on any atom is -0.434 e. The summed E-state index contributed by atoms with van der Waals surface area (Å²) in [6.07, 6.45) is 5.80. The van der Waals surface area contributed by atoms with E-state index in [0.717, 1.165) is 50.4 Å². The molecule has 2 aliphatic rings. The topological polar surface area (TPSA) is 125 Å². The summed E-state index contributed by atoms with van der Waals surface area (Å²) in [7, 11) is 0. The van der Waals surface area contributed by atoms with Gasteiger partial charge in [-0.2, -0.15) is 0 Å². The lowest BCUT2D eigenvalue weighted by Gasteiger charge is -2.34. The van der Waals surface area contributed by atoms with Crippen LogP contribution in [0.4, 0.5) is 20.6 Å². The van der Waals surface area contributed by atoms with Crippen LogP contribution >= 0.6 is 0 Å². The molecule has 4 rings (SSSR count). The van der Waals surface area contributed by atoms with Crippen molar-refractivity contribution in [1.82, 2.24) is 4.90 Å². The zero-order chi connectivity index (χ0) is 26.4. The molecule has 1 heterocycles. The molecule has 0 aromatic heterocycles. The summed E-state index contributed by atoms with van der Waals surface area (Å²) < 4.78 is 24.7. The second kappa shape index (κ2) is 11.9. The van der Waals surface area contributed by atoms with Crippen LogP contribution in [0.2, 0.25) is 0 Å². The van der Waals surface area contributed by atoms with Gasteiger partial charge < -0.3 is 9.47 Å². The summed E-state index contributed by atoms with van der Waals surface area (Å²) in [6.45, 7) is 2.74. The van der Waals surface area contributed by atoms with Gasteiger partial charge in [-0.1, -0.05) is 6.08 Å². The maximum Gasteiger partial charge on any atom is 0.513 e. The quantitative estimate of drug-likeness (QED) is 0.189. The molecule has 37 heavy (non-hydrogen) atoms. The molecule has 1 saturated carbocycles. The first-order valence-electron chi connectivity index (χ1n) is 12.2. The molecule has 0 bridgehead atoms. The number of hydrogen-bond donors (Lipinski definition) is 0. The van der Waals surface area contributed by atoms with Crippen LogP contribution in [0.5, 0.6) is 5.75 Å². The number of benzene rings is 2. The van der Waals surface area contributed by atoms with Crippen LogP contribution in [-0.2, 0) is 4.74 Å². The first-order valence-corrected chi connectivity index (χ1v) is 12.2. The molecule has 1 aliphatic carbocycles. The Balaban J connectivity index is 1.16. The molecule has 1 aliphatic heterocycles. The Bertz CT molecular complexity index is 1180. The van der Waals surface area contributed by atoms with Gasteiger partial charge in [0.25, 0.3) is 11.4 Å². The Morgan fingerprint density at radius 3 is 2.22 bits per heavy atom. The summed E-state index contributed by atoms with van der Waals surface area (Å²) in [6, 6.07) is 9.02. The molecule has 0 amide bonds. The van der Waals surface area contributed by atoms with E-state index >= 15 is 0 Å². The average molecular weight is 514 g/mol. The maximum absolute atomic E-state index is 14.3. The van der Waals surface area contributed by atoms with E-state index in [1.807, 2.05) is 6.08 Å². The van der Waals surface area contributed by atoms with E-state index in [9.17, 15) is 29.4 Å². The number of halogens is 1. The molecular formula is C26H28FN3O7. The molecule has 0 saturated heterocycles. The molecular weight excluding hydrogens is 485 g/mol. The van der Waals surface area contributed by atoms with Crippen molar-refractivity contribution in [3.63, 3.8) is 0 Å². The highest BCUT2D eigenvalue weighted by Crippen LogP contribution is 2.32. The molecule has 0 unspecified atom stereocenters. The van der Waals surface area contributed by atoms with Gasteiger partial charge in [-0.15, -0.1) is 0 Å². The lowest BCUT2D eigenvalue weighted by molar-refractivity contribution is -0.385. The average Bonchev–Trinajstić information content (AvgIpc) is 2.89. The predicted molar refractivity (Wildman–Crippen MR) is 133 cm³/mol. The van der Waals surface area contributed by atoms with E-state index in [2.05, 4.69) is 4.90 Å². The Hall–Kier alpha value is -3.86. The van der Waals surface area contributed by atoms with Gasteiger partial charge in [0.2, 0.25) is 0 Å². The minimum absolute atomic E-state index is 0.0862. The van der Waals surface area contributed by atoms with Crippen LogP contribution in [0.15, 0.2) is 48.5 Å². The van der Waals surface area contributed by atoms with Crippen LogP contribution in [-0.4, -0.2) is 47.1 Å². The van der Waals surface area contributed by atoms with Crippen LogP contribution in [0.1, 0.15) is 37.7 Å². The highest BCUT2D eigenvalue weighted by Gasteiger charge is 2.25. The third-order valence-corrected chi connectivity index (χ3v) is 6.97. The van der Waals surface area contributed by atoms with E-state index in [0.29, 0.717) is 24.4 Å². The van der Waals surface area contributed by atoms with Gasteiger partial charge in [-0.05, 0) is 67.7 Å². The van der Waals surface area contributed by atoms with Crippen molar-refractivity contribution < 1.29 is 28.5 Å². The molecule has 0 atom stereocenters. The van der Waals surface area contributed by atoms with Crippen molar-refractivity contribution >= 4 is 23.1 Å². The minimum atomic E-state index is -0.823. The molecule has 10 nitrogen and oxygen atoms in total. The molecule has 0 radical (unpaired) electrons. The van der Waals surface area contributed by atoms with E-state index in [1.54, 1.807) is 0 Å². The van der Waals surface area contributed by atoms with Gasteiger partial charge in [-0.3, -0.25) is 25.1 Å². The summed E-state index contributed by atoms with van der Waals surface area (Å²) in [5.41, 5.74) is 0.974. The Kier molecular flexibility index (Phi) is 8.44. The summed E-state index contributed by atoms with van der Waals surface area (Å²) >= 11 is 0. The van der Waals surface area contributed by atoms with Gasteiger partial charge in [0.1, 0.15) is 11.6 Å². The number of carbonyl (C=O) groups excluding carboxylic acids is 1. The fraction of sp³-hybridized carbons (Fsp3) is 0.423. The SMILES string of the molecule is O=C(OCC1CCC(CN2CC=C(c3ccc([N+](=O)[O-])cc3F)CC2)CC1)Oc1ccc([N+](=O)[O-])cc1. The van der Waals surface area contributed by atoms with Crippen LogP contribution in [0, 0.1) is 37.9 Å². The van der Waals surface area contributed by atoms with Gasteiger partial charge in [0.05, 0.1) is 22.5 Å². The number of rotatable bonds is 8. The van der Waals surface area contributed by atoms with E-state index in [-0.39, 0.29) is 29.6 Å². The first kappa shape index (κ1) is 26.2. The number of non-ortho nitro benzene ring substituents is 2. The smallest absolute Gasteiger partial charge is 0.434 e. The number of nitro benzene ring substituents is 2. The third kappa shape index (κ3) is 7.10. The second-order valence-electron chi connectivity index (χ2n) is 9.46. The fourth-order valence-corrected chi connectivity index (χ4v) is 4.89. The number of carbonyl (C=O) groups is 1. The van der Waals surface area contributed by atoms with Crippen LogP contribution < -0.4 is 4.74 Å². The predicted octanol–water partition coefficient (Wildman–Crippen LogP) is 5.75. The van der Waals surface area contributed by atoms with E-state index in [4.69, 9.17) is 9.47 Å². The molecule has 0 N–H and O–H groups in total. The van der Waals surface area contributed by atoms with Crippen molar-refractivity contribution in [1.29, 1.82) is 0 Å². The van der Waals surface area contributed by atoms with Crippen LogP contribution in [0.25, 0.3) is 5.57 Å². The van der Waals surface area contributed by atoms with Crippen molar-refractivity contribution in [2.75, 3.05) is 26.2 Å². The lowest BCUT2D eigenvalue weighted by Crippen LogP contribution is -2.35. The first-order chi connectivity index (χ1) is 17.8. The van der Waals surface area contributed by atoms with Gasteiger partial charge in [0, 0.05) is 43.4 Å².